The van der Waals surface area contributed by atoms with Crippen molar-refractivity contribution in [2.45, 2.75) is 84.0 Å². The SMILES string of the molecule is C[C@H](/C=C/C(=O)NCC(=O)O)[C@H]1CC[C@H]2[C@@H]3[C@H](O)[C@@H](O)[C@@H]4C[C@H](O)CC[C@]4(C)[C@H]3CC[C@]12C. The lowest BCUT2D eigenvalue weighted by Crippen LogP contribution is -2.64. The lowest BCUT2D eigenvalue weighted by atomic mass is 9.43. The molecule has 4 rings (SSSR count). The van der Waals surface area contributed by atoms with Crippen molar-refractivity contribution in [3.8, 4) is 0 Å². The molecule has 4 aliphatic rings. The average Bonchev–Trinajstić information content (AvgIpc) is 3.12. The summed E-state index contributed by atoms with van der Waals surface area (Å²) in [6.45, 7) is 6.35. The van der Waals surface area contributed by atoms with E-state index >= 15 is 0 Å². The van der Waals surface area contributed by atoms with Crippen LogP contribution in [-0.4, -0.2) is 57.2 Å². The van der Waals surface area contributed by atoms with Crippen molar-refractivity contribution in [1.29, 1.82) is 0 Å². The van der Waals surface area contributed by atoms with Crippen molar-refractivity contribution in [3.63, 3.8) is 0 Å². The zero-order valence-electron chi connectivity index (χ0n) is 20.1. The second-order valence-electron chi connectivity index (χ2n) is 11.9. The van der Waals surface area contributed by atoms with Crippen molar-refractivity contribution in [2.24, 2.45) is 46.3 Å². The van der Waals surface area contributed by atoms with E-state index in [2.05, 4.69) is 26.1 Å². The zero-order chi connectivity index (χ0) is 24.1. The molecule has 5 N–H and O–H groups in total. The largest absolute Gasteiger partial charge is 0.480 e. The number of aliphatic carboxylic acids is 1. The molecule has 0 unspecified atom stereocenters. The zero-order valence-corrected chi connectivity index (χ0v) is 20.1. The fourth-order valence-corrected chi connectivity index (χ4v) is 8.74. The maximum absolute atomic E-state index is 11.9. The standard InChI is InChI=1S/C26H41NO6/c1-14(4-7-20(29)27-13-21(30)31)16-5-6-17-22-18(9-11-25(16,17)2)26(3)10-8-15(28)12-19(26)23(32)24(22)33/h4,7,14-19,22-24,28,32-33H,5-6,8-13H2,1-3H3,(H,27,29)(H,30,31)/b7-4+/t14-,15-,16-,17+,18+,19+,22+,23+,24+,25-,26-/m1/s1. The van der Waals surface area contributed by atoms with Gasteiger partial charge in [-0.1, -0.05) is 26.8 Å². The number of fused-ring (bicyclic) bond motifs is 5. The summed E-state index contributed by atoms with van der Waals surface area (Å²) in [5.41, 5.74) is -0.0176. The maximum Gasteiger partial charge on any atom is 0.322 e. The van der Waals surface area contributed by atoms with Crippen molar-refractivity contribution in [2.75, 3.05) is 6.54 Å². The third-order valence-corrected chi connectivity index (χ3v) is 10.4. The molecule has 33 heavy (non-hydrogen) atoms. The highest BCUT2D eigenvalue weighted by Gasteiger charge is 2.65. The van der Waals surface area contributed by atoms with E-state index in [1.165, 1.54) is 6.08 Å². The fraction of sp³-hybridized carbons (Fsp3) is 0.846. The van der Waals surface area contributed by atoms with Crippen LogP contribution >= 0.6 is 0 Å². The van der Waals surface area contributed by atoms with Crippen LogP contribution in [0.25, 0.3) is 0 Å². The molecule has 0 saturated heterocycles. The number of carbonyl (C=O) groups is 2. The molecule has 0 radical (unpaired) electrons. The minimum Gasteiger partial charge on any atom is -0.480 e. The smallest absolute Gasteiger partial charge is 0.322 e. The Balaban J connectivity index is 1.52. The number of hydrogen-bond acceptors (Lipinski definition) is 5. The van der Waals surface area contributed by atoms with Crippen molar-refractivity contribution >= 4 is 11.9 Å². The topological polar surface area (TPSA) is 127 Å². The number of carboxylic acids is 1. The Morgan fingerprint density at radius 1 is 0.970 bits per heavy atom. The summed E-state index contributed by atoms with van der Waals surface area (Å²) in [5.74, 6) is -0.229. The molecule has 0 spiro atoms. The van der Waals surface area contributed by atoms with E-state index in [4.69, 9.17) is 5.11 Å². The number of nitrogens with one attached hydrogen (secondary N) is 1. The Bertz CT molecular complexity index is 800. The first-order chi connectivity index (χ1) is 15.5. The Hall–Kier alpha value is -1.44. The van der Waals surface area contributed by atoms with Gasteiger partial charge >= 0.3 is 5.97 Å². The summed E-state index contributed by atoms with van der Waals surface area (Å²) in [7, 11) is 0. The van der Waals surface area contributed by atoms with Crippen LogP contribution < -0.4 is 5.32 Å². The van der Waals surface area contributed by atoms with E-state index in [1.54, 1.807) is 0 Å². The molecular formula is C26H41NO6. The van der Waals surface area contributed by atoms with Crippen LogP contribution in [0.2, 0.25) is 0 Å². The first-order valence-corrected chi connectivity index (χ1v) is 12.7. The molecule has 0 aromatic rings. The molecular weight excluding hydrogens is 422 g/mol. The van der Waals surface area contributed by atoms with E-state index < -0.39 is 24.1 Å². The number of hydrogen-bond donors (Lipinski definition) is 5. The van der Waals surface area contributed by atoms with E-state index in [9.17, 15) is 24.9 Å². The Labute approximate surface area is 196 Å². The van der Waals surface area contributed by atoms with Crippen molar-refractivity contribution in [3.05, 3.63) is 12.2 Å². The van der Waals surface area contributed by atoms with Gasteiger partial charge in [-0.05, 0) is 97.4 Å². The van der Waals surface area contributed by atoms with Gasteiger partial charge in [-0.15, -0.1) is 0 Å². The summed E-state index contributed by atoms with van der Waals surface area (Å²) in [4.78, 5) is 22.6. The third kappa shape index (κ3) is 4.14. The number of aliphatic hydroxyl groups excluding tert-OH is 3. The van der Waals surface area contributed by atoms with Crippen LogP contribution in [0.3, 0.4) is 0 Å². The van der Waals surface area contributed by atoms with Gasteiger partial charge in [0.25, 0.3) is 0 Å². The molecule has 186 valence electrons. The molecule has 7 heteroatoms. The van der Waals surface area contributed by atoms with Crippen LogP contribution in [0.15, 0.2) is 12.2 Å². The summed E-state index contributed by atoms with van der Waals surface area (Å²) in [5, 5.41) is 43.8. The predicted octanol–water partition coefficient (Wildman–Crippen LogP) is 2.34. The van der Waals surface area contributed by atoms with Crippen LogP contribution in [0.5, 0.6) is 0 Å². The Morgan fingerprint density at radius 2 is 1.64 bits per heavy atom. The van der Waals surface area contributed by atoms with Gasteiger partial charge in [-0.25, -0.2) is 0 Å². The number of carboxylic acid groups (broad SMARTS) is 1. The van der Waals surface area contributed by atoms with Crippen LogP contribution in [-0.2, 0) is 9.59 Å². The average molecular weight is 464 g/mol. The summed E-state index contributed by atoms with van der Waals surface area (Å²) >= 11 is 0. The van der Waals surface area contributed by atoms with Gasteiger partial charge in [0.15, 0.2) is 0 Å². The molecule has 0 bridgehead atoms. The van der Waals surface area contributed by atoms with E-state index in [0.717, 1.165) is 38.5 Å². The molecule has 4 aliphatic carbocycles. The maximum atomic E-state index is 11.9. The van der Waals surface area contributed by atoms with Crippen LogP contribution in [0.1, 0.15) is 65.7 Å². The van der Waals surface area contributed by atoms with Gasteiger partial charge in [0.1, 0.15) is 6.54 Å². The molecule has 0 heterocycles. The number of aliphatic hydroxyl groups is 3. The molecule has 0 aromatic heterocycles. The predicted molar refractivity (Wildman–Crippen MR) is 123 cm³/mol. The minimum atomic E-state index is -1.07. The second kappa shape index (κ2) is 8.97. The Morgan fingerprint density at radius 3 is 2.33 bits per heavy atom. The highest BCUT2D eigenvalue weighted by Crippen LogP contribution is 2.68. The van der Waals surface area contributed by atoms with Crippen LogP contribution in [0, 0.1) is 46.3 Å². The summed E-state index contributed by atoms with van der Waals surface area (Å²) in [6.07, 6.45) is 7.81. The molecule has 4 fully saturated rings. The second-order valence-corrected chi connectivity index (χ2v) is 11.9. The highest BCUT2D eigenvalue weighted by atomic mass is 16.4. The summed E-state index contributed by atoms with van der Waals surface area (Å²) in [6, 6.07) is 0. The van der Waals surface area contributed by atoms with Gasteiger partial charge < -0.3 is 25.7 Å². The van der Waals surface area contributed by atoms with Gasteiger partial charge in [-0.2, -0.15) is 0 Å². The molecule has 4 saturated carbocycles. The van der Waals surface area contributed by atoms with E-state index in [1.807, 2.05) is 6.08 Å². The normalized spacial score (nSPS) is 47.9. The number of rotatable bonds is 5. The molecule has 1 amide bonds. The van der Waals surface area contributed by atoms with E-state index in [0.29, 0.717) is 24.2 Å². The highest BCUT2D eigenvalue weighted by molar-refractivity contribution is 5.89. The molecule has 0 aliphatic heterocycles. The monoisotopic (exact) mass is 463 g/mol. The van der Waals surface area contributed by atoms with Gasteiger partial charge in [0.05, 0.1) is 18.3 Å². The molecule has 11 atom stereocenters. The van der Waals surface area contributed by atoms with Gasteiger partial charge in [-0.3, -0.25) is 9.59 Å². The van der Waals surface area contributed by atoms with Crippen molar-refractivity contribution in [1.82, 2.24) is 5.32 Å². The molecule has 7 nitrogen and oxygen atoms in total. The molecule has 0 aromatic carbocycles. The Kier molecular flexibility index (Phi) is 6.71. The number of allylic oxidation sites excluding steroid dienone is 1. The minimum absolute atomic E-state index is 0.0283. The third-order valence-electron chi connectivity index (χ3n) is 10.4. The lowest BCUT2D eigenvalue weighted by Gasteiger charge is -2.63. The fourth-order valence-electron chi connectivity index (χ4n) is 8.74. The number of amides is 1. The quantitative estimate of drug-likeness (QED) is 0.398. The van der Waals surface area contributed by atoms with Gasteiger partial charge in [0.2, 0.25) is 5.91 Å². The van der Waals surface area contributed by atoms with Crippen LogP contribution in [0.4, 0.5) is 0 Å². The van der Waals surface area contributed by atoms with Gasteiger partial charge in [0, 0.05) is 0 Å². The van der Waals surface area contributed by atoms with Crippen molar-refractivity contribution < 1.29 is 30.0 Å². The first-order valence-electron chi connectivity index (χ1n) is 12.7. The summed E-state index contributed by atoms with van der Waals surface area (Å²) < 4.78 is 0. The number of carbonyl (C=O) groups excluding carboxylic acids is 1. The van der Waals surface area contributed by atoms with E-state index in [-0.39, 0.29) is 41.2 Å². The lowest BCUT2D eigenvalue weighted by molar-refractivity contribution is -0.223. The first kappa shape index (κ1) is 24.7.